The minimum absolute atomic E-state index is 0.0412. The van der Waals surface area contributed by atoms with Crippen molar-refractivity contribution in [1.29, 1.82) is 5.26 Å². The maximum atomic E-state index is 14.9. The standard InChI is InChI=1S/C29H26FNO4.C21H21FO4/c1-3-33-29(32)23-15-22(23)19-5-7-20(8-6-19)34-27-12-9-21-26(13-10-24(30)28(21)27)35-25-11-4-18(16-31)14-17(25)2;1-2-25-21(24)16-11-15(16)12-3-5-13(6-4-12)26-19-10-7-14-18(23)9-8-17(22)20(14)19/h4-8,10-11,13-14,22-23,27H,3,9,12,15H2,1-2H3;3-6,8-9,15-16,19,23H,2,7,10-11H2,1H3/t22-,23+,27-;15-,16+,19-/m11/s1. The Balaban J connectivity index is 0.000000176. The smallest absolute Gasteiger partial charge is 0.309 e. The number of nitrogens with zero attached hydrogens (tertiary/aromatic N) is 1. The Labute approximate surface area is 353 Å². The quantitative estimate of drug-likeness (QED) is 0.122. The van der Waals surface area contributed by atoms with E-state index in [2.05, 4.69) is 6.07 Å². The molecule has 0 bridgehead atoms. The molecule has 6 atom stereocenters. The van der Waals surface area contributed by atoms with Crippen LogP contribution in [-0.2, 0) is 31.9 Å². The molecule has 0 unspecified atom stereocenters. The van der Waals surface area contributed by atoms with Crippen LogP contribution in [0.4, 0.5) is 8.78 Å². The molecule has 5 aromatic carbocycles. The van der Waals surface area contributed by atoms with Gasteiger partial charge in [0.25, 0.3) is 0 Å². The number of carbonyl (C=O) groups excluding carboxylic acids is 2. The van der Waals surface area contributed by atoms with E-state index in [0.717, 1.165) is 35.1 Å². The Hall–Kier alpha value is -6.41. The molecule has 9 nitrogen and oxygen atoms in total. The fourth-order valence-electron chi connectivity index (χ4n) is 8.64. The van der Waals surface area contributed by atoms with E-state index in [0.29, 0.717) is 84.1 Å². The second kappa shape index (κ2) is 17.7. The van der Waals surface area contributed by atoms with E-state index < -0.39 is 12.2 Å². The van der Waals surface area contributed by atoms with Crippen LogP contribution < -0.4 is 14.2 Å². The molecule has 1 N–H and O–H groups in total. The lowest BCUT2D eigenvalue weighted by Gasteiger charge is -2.17. The van der Waals surface area contributed by atoms with Gasteiger partial charge in [-0.2, -0.15) is 5.26 Å². The van der Waals surface area contributed by atoms with Crippen LogP contribution in [0.1, 0.15) is 108 Å². The molecule has 0 saturated heterocycles. The Morgan fingerprint density at radius 3 is 1.69 bits per heavy atom. The van der Waals surface area contributed by atoms with E-state index in [9.17, 15) is 23.5 Å². The number of carbonyl (C=O) groups is 2. The topological polar surface area (TPSA) is 124 Å². The molecule has 5 aromatic rings. The van der Waals surface area contributed by atoms with Gasteiger partial charge < -0.3 is 28.8 Å². The summed E-state index contributed by atoms with van der Waals surface area (Å²) in [5.74, 6) is 2.08. The molecule has 0 radical (unpaired) electrons. The molecule has 0 amide bonds. The number of esters is 2. The third-order valence-corrected chi connectivity index (χ3v) is 12.0. The number of ether oxygens (including phenoxy) is 5. The van der Waals surface area contributed by atoms with Gasteiger partial charge in [0.1, 0.15) is 52.6 Å². The van der Waals surface area contributed by atoms with Gasteiger partial charge in [-0.3, -0.25) is 9.59 Å². The number of phenols is 1. The Kier molecular flexibility index (Phi) is 12.0. The highest BCUT2D eigenvalue weighted by Gasteiger charge is 2.46. The van der Waals surface area contributed by atoms with Crippen molar-refractivity contribution >= 4 is 11.9 Å². The van der Waals surface area contributed by atoms with Crippen molar-refractivity contribution in [2.75, 3.05) is 13.2 Å². The van der Waals surface area contributed by atoms with Crippen molar-refractivity contribution in [3.63, 3.8) is 0 Å². The first-order valence-corrected chi connectivity index (χ1v) is 20.9. The van der Waals surface area contributed by atoms with E-state index >= 15 is 0 Å². The molecule has 314 valence electrons. The third kappa shape index (κ3) is 8.90. The summed E-state index contributed by atoms with van der Waals surface area (Å²) in [5.41, 5.74) is 6.02. The number of aromatic hydroxyl groups is 1. The van der Waals surface area contributed by atoms with Crippen LogP contribution in [0.15, 0.2) is 91.0 Å². The first kappa shape index (κ1) is 41.3. The number of nitriles is 1. The molecule has 11 heteroatoms. The van der Waals surface area contributed by atoms with Gasteiger partial charge in [-0.25, -0.2) is 8.78 Å². The number of halogens is 2. The number of aryl methyl sites for hydroxylation is 1. The Bertz CT molecular complexity index is 2480. The van der Waals surface area contributed by atoms with Crippen LogP contribution in [0.25, 0.3) is 0 Å². The summed E-state index contributed by atoms with van der Waals surface area (Å²) in [6, 6.07) is 28.4. The molecule has 0 spiro atoms. The zero-order valence-corrected chi connectivity index (χ0v) is 34.3. The molecular formula is C50H47F2NO8. The maximum Gasteiger partial charge on any atom is 0.309 e. The van der Waals surface area contributed by atoms with Crippen LogP contribution in [-0.4, -0.2) is 30.3 Å². The summed E-state index contributed by atoms with van der Waals surface area (Å²) in [6.45, 7) is 6.31. The van der Waals surface area contributed by atoms with Crippen molar-refractivity contribution < 1.29 is 47.2 Å². The Morgan fingerprint density at radius 1 is 0.689 bits per heavy atom. The number of hydrogen-bond acceptors (Lipinski definition) is 9. The Morgan fingerprint density at radius 2 is 1.18 bits per heavy atom. The lowest BCUT2D eigenvalue weighted by atomic mass is 10.1. The summed E-state index contributed by atoms with van der Waals surface area (Å²) in [5, 5.41) is 19.0. The number of fused-ring (bicyclic) bond motifs is 2. The van der Waals surface area contributed by atoms with Crippen molar-refractivity contribution in [3.05, 3.63) is 147 Å². The molecule has 61 heavy (non-hydrogen) atoms. The first-order chi connectivity index (χ1) is 29.6. The second-order valence-corrected chi connectivity index (χ2v) is 15.9. The lowest BCUT2D eigenvalue weighted by molar-refractivity contribution is -0.145. The average molecular weight is 828 g/mol. The summed E-state index contributed by atoms with van der Waals surface area (Å²) in [6.07, 6.45) is 3.36. The zero-order valence-electron chi connectivity index (χ0n) is 34.3. The minimum atomic E-state index is -0.408. The summed E-state index contributed by atoms with van der Waals surface area (Å²) in [4.78, 5) is 23.7. The number of rotatable bonds is 12. The minimum Gasteiger partial charge on any atom is -0.508 e. The molecule has 0 aromatic heterocycles. The average Bonchev–Trinajstić information content (AvgIpc) is 4.16. The van der Waals surface area contributed by atoms with Crippen LogP contribution in [0, 0.1) is 41.7 Å². The molecule has 0 aliphatic heterocycles. The summed E-state index contributed by atoms with van der Waals surface area (Å²) >= 11 is 0. The van der Waals surface area contributed by atoms with Gasteiger partial charge in [0.05, 0.1) is 36.7 Å². The van der Waals surface area contributed by atoms with Crippen LogP contribution >= 0.6 is 0 Å². The molecule has 4 aliphatic rings. The van der Waals surface area contributed by atoms with Gasteiger partial charge in [0, 0.05) is 22.3 Å². The summed E-state index contributed by atoms with van der Waals surface area (Å²) < 4.78 is 57.5. The SMILES string of the molecule is CCOC(=O)[C@H]1C[C@@H]1c1ccc(O[C@@H]2CCc3c(O)ccc(F)c32)cc1.CCOC(=O)[C@H]1C[C@@H]1c1ccc(O[C@@H]2CCc3c(Oc4ccc(C#N)cc4C)ccc(F)c32)cc1. The maximum absolute atomic E-state index is 14.9. The monoisotopic (exact) mass is 827 g/mol. The van der Waals surface area contributed by atoms with E-state index in [4.69, 9.17) is 28.9 Å². The van der Waals surface area contributed by atoms with Crippen molar-refractivity contribution in [3.8, 4) is 34.8 Å². The number of phenolic OH excluding ortho intramolecular Hbond substituents is 1. The molecule has 0 heterocycles. The third-order valence-electron chi connectivity index (χ3n) is 12.0. The fourth-order valence-corrected chi connectivity index (χ4v) is 8.64. The van der Waals surface area contributed by atoms with Gasteiger partial charge in [-0.15, -0.1) is 0 Å². The lowest BCUT2D eigenvalue weighted by Crippen LogP contribution is -2.07. The highest BCUT2D eigenvalue weighted by molar-refractivity contribution is 5.78. The summed E-state index contributed by atoms with van der Waals surface area (Å²) in [7, 11) is 0. The molecule has 2 saturated carbocycles. The number of hydrogen-bond donors (Lipinski definition) is 1. The highest BCUT2D eigenvalue weighted by atomic mass is 19.1. The van der Waals surface area contributed by atoms with E-state index in [1.165, 1.54) is 18.2 Å². The van der Waals surface area contributed by atoms with Crippen molar-refractivity contribution in [2.24, 2.45) is 11.8 Å². The molecule has 4 aliphatic carbocycles. The van der Waals surface area contributed by atoms with Gasteiger partial charge >= 0.3 is 11.9 Å². The predicted molar refractivity (Wildman–Crippen MR) is 222 cm³/mol. The largest absolute Gasteiger partial charge is 0.508 e. The second-order valence-electron chi connectivity index (χ2n) is 15.9. The highest BCUT2D eigenvalue weighted by Crippen LogP contribution is 2.50. The molecular weight excluding hydrogens is 781 g/mol. The first-order valence-electron chi connectivity index (χ1n) is 20.9. The fraction of sp³-hybridized carbons (Fsp3) is 0.340. The predicted octanol–water partition coefficient (Wildman–Crippen LogP) is 10.8. The van der Waals surface area contributed by atoms with Crippen molar-refractivity contribution in [1.82, 2.24) is 0 Å². The van der Waals surface area contributed by atoms with E-state index in [-0.39, 0.29) is 53.0 Å². The molecule has 2 fully saturated rings. The van der Waals surface area contributed by atoms with E-state index in [1.807, 2.05) is 69.3 Å². The van der Waals surface area contributed by atoms with Gasteiger partial charge in [-0.1, -0.05) is 24.3 Å². The number of benzene rings is 5. The van der Waals surface area contributed by atoms with Crippen LogP contribution in [0.2, 0.25) is 0 Å². The normalized spacial score (nSPS) is 21.4. The van der Waals surface area contributed by atoms with Crippen molar-refractivity contribution in [2.45, 2.75) is 83.3 Å². The van der Waals surface area contributed by atoms with Crippen LogP contribution in [0.3, 0.4) is 0 Å². The van der Waals surface area contributed by atoms with Gasteiger partial charge in [0.2, 0.25) is 0 Å². The molecule has 9 rings (SSSR count). The zero-order chi connectivity index (χ0) is 42.8. The van der Waals surface area contributed by atoms with E-state index in [1.54, 1.807) is 24.3 Å². The van der Waals surface area contributed by atoms with Gasteiger partial charge in [0.15, 0.2) is 0 Å². The van der Waals surface area contributed by atoms with Gasteiger partial charge in [-0.05, 0) is 155 Å². The van der Waals surface area contributed by atoms with Crippen LogP contribution in [0.5, 0.6) is 28.7 Å².